The smallest absolute Gasteiger partial charge is 0.253 e. The molecule has 0 bridgehead atoms. The number of ether oxygens (including phenoxy) is 1. The van der Waals surface area contributed by atoms with Crippen molar-refractivity contribution in [3.8, 4) is 16.9 Å². The summed E-state index contributed by atoms with van der Waals surface area (Å²) in [5, 5.41) is 3.96. The molecule has 0 aliphatic heterocycles. The van der Waals surface area contributed by atoms with Gasteiger partial charge in [0.05, 0.1) is 22.7 Å². The monoisotopic (exact) mass is 447 g/mol. The third-order valence-corrected chi connectivity index (χ3v) is 5.24. The highest BCUT2D eigenvalue weighted by molar-refractivity contribution is 6.36. The molecule has 29 heavy (non-hydrogen) atoms. The molecule has 0 atom stereocenters. The lowest BCUT2D eigenvalue weighted by molar-refractivity contribution is 0.0950. The van der Waals surface area contributed by atoms with Crippen molar-refractivity contribution < 1.29 is 14.3 Å². The van der Waals surface area contributed by atoms with E-state index in [0.717, 1.165) is 16.7 Å². The first-order chi connectivity index (χ1) is 13.9. The molecule has 0 saturated carbocycles. The van der Waals surface area contributed by atoms with Crippen molar-refractivity contribution in [2.24, 2.45) is 0 Å². The molecule has 0 radical (unpaired) electrons. The lowest BCUT2D eigenvalue weighted by atomic mass is 10.0. The summed E-state index contributed by atoms with van der Waals surface area (Å²) in [5.41, 5.74) is 3.20. The van der Waals surface area contributed by atoms with E-state index < -0.39 is 0 Å². The number of hydrogen-bond donors (Lipinski definition) is 1. The lowest BCUT2D eigenvalue weighted by Crippen LogP contribution is -2.23. The van der Waals surface area contributed by atoms with Gasteiger partial charge in [0.25, 0.3) is 5.91 Å². The first-order valence-electron chi connectivity index (χ1n) is 8.58. The second kappa shape index (κ2) is 9.31. The maximum Gasteiger partial charge on any atom is 0.253 e. The zero-order chi connectivity index (χ0) is 21.0. The Balaban J connectivity index is 1.86. The summed E-state index contributed by atoms with van der Waals surface area (Å²) >= 11 is 18.0. The molecule has 4 nitrogen and oxygen atoms in total. The highest BCUT2D eigenvalue weighted by Gasteiger charge is 2.13. The summed E-state index contributed by atoms with van der Waals surface area (Å²) in [6.07, 6.45) is 0.715. The van der Waals surface area contributed by atoms with E-state index in [-0.39, 0.29) is 17.5 Å². The maximum absolute atomic E-state index is 12.5. The quantitative estimate of drug-likeness (QED) is 0.466. The molecule has 1 amide bonds. The predicted molar refractivity (Wildman–Crippen MR) is 116 cm³/mol. The van der Waals surface area contributed by atoms with E-state index in [2.05, 4.69) is 5.32 Å². The Morgan fingerprint density at radius 3 is 2.38 bits per heavy atom. The molecule has 1 N–H and O–H groups in total. The van der Waals surface area contributed by atoms with Gasteiger partial charge in [-0.2, -0.15) is 0 Å². The highest BCUT2D eigenvalue weighted by atomic mass is 35.5. The zero-order valence-electron chi connectivity index (χ0n) is 15.3. The lowest BCUT2D eigenvalue weighted by Gasteiger charge is -2.13. The minimum absolute atomic E-state index is 0.225. The Hall–Kier alpha value is -2.53. The number of amides is 1. The molecular formula is C22H16Cl3NO3. The van der Waals surface area contributed by atoms with Crippen LogP contribution in [0.5, 0.6) is 5.75 Å². The zero-order valence-corrected chi connectivity index (χ0v) is 17.6. The standard InChI is InChI=1S/C22H16Cl3NO3/c1-29-21-7-3-14(13-2-6-19(24)16(9-13)12-27)8-15(21)11-26-22(28)18-5-4-17(23)10-20(18)25/h2-10,12H,11H2,1H3,(H,26,28). The van der Waals surface area contributed by atoms with E-state index in [0.29, 0.717) is 33.2 Å². The van der Waals surface area contributed by atoms with Crippen LogP contribution in [0.3, 0.4) is 0 Å². The number of benzene rings is 3. The molecule has 0 aliphatic carbocycles. The van der Waals surface area contributed by atoms with Gasteiger partial charge >= 0.3 is 0 Å². The van der Waals surface area contributed by atoms with E-state index in [1.165, 1.54) is 6.07 Å². The molecule has 0 fully saturated rings. The van der Waals surface area contributed by atoms with Crippen molar-refractivity contribution >= 4 is 47.0 Å². The molecule has 3 aromatic rings. The fourth-order valence-electron chi connectivity index (χ4n) is 2.85. The van der Waals surface area contributed by atoms with Crippen molar-refractivity contribution in [3.05, 3.63) is 86.4 Å². The van der Waals surface area contributed by atoms with E-state index in [4.69, 9.17) is 39.5 Å². The van der Waals surface area contributed by atoms with Gasteiger partial charge in [-0.25, -0.2) is 0 Å². The average molecular weight is 449 g/mol. The molecule has 0 aliphatic rings. The molecule has 7 heteroatoms. The van der Waals surface area contributed by atoms with Crippen molar-refractivity contribution in [2.75, 3.05) is 7.11 Å². The van der Waals surface area contributed by atoms with Crippen LogP contribution in [0.15, 0.2) is 54.6 Å². The van der Waals surface area contributed by atoms with Crippen molar-refractivity contribution in [3.63, 3.8) is 0 Å². The summed E-state index contributed by atoms with van der Waals surface area (Å²) in [7, 11) is 1.56. The van der Waals surface area contributed by atoms with E-state index in [1.807, 2.05) is 18.2 Å². The Morgan fingerprint density at radius 2 is 1.69 bits per heavy atom. The molecule has 0 spiro atoms. The first kappa shape index (κ1) is 21.2. The average Bonchev–Trinajstić information content (AvgIpc) is 2.72. The van der Waals surface area contributed by atoms with Gasteiger partial charge in [0.2, 0.25) is 0 Å². The van der Waals surface area contributed by atoms with Gasteiger partial charge in [0.1, 0.15) is 5.75 Å². The third-order valence-electron chi connectivity index (χ3n) is 4.35. The number of nitrogens with one attached hydrogen (secondary N) is 1. The van der Waals surface area contributed by atoms with Crippen LogP contribution in [-0.4, -0.2) is 19.3 Å². The summed E-state index contributed by atoms with van der Waals surface area (Å²) in [6.45, 7) is 0.225. The molecular weight excluding hydrogens is 433 g/mol. The first-order valence-corrected chi connectivity index (χ1v) is 9.71. The SMILES string of the molecule is COc1ccc(-c2ccc(Cl)c(C=O)c2)cc1CNC(=O)c1ccc(Cl)cc1Cl. The molecule has 0 saturated heterocycles. The second-order valence-corrected chi connectivity index (χ2v) is 7.44. The van der Waals surface area contributed by atoms with Crippen LogP contribution in [0.2, 0.25) is 15.1 Å². The van der Waals surface area contributed by atoms with E-state index in [1.54, 1.807) is 37.4 Å². The molecule has 148 valence electrons. The van der Waals surface area contributed by atoms with Crippen LogP contribution in [0.25, 0.3) is 11.1 Å². The van der Waals surface area contributed by atoms with E-state index >= 15 is 0 Å². The molecule has 0 aromatic heterocycles. The number of methoxy groups -OCH3 is 1. The Morgan fingerprint density at radius 1 is 0.966 bits per heavy atom. The number of carbonyl (C=O) groups excluding carboxylic acids is 2. The van der Waals surface area contributed by atoms with Gasteiger partial charge in [0.15, 0.2) is 6.29 Å². The Bertz CT molecular complexity index is 1080. The summed E-state index contributed by atoms with van der Waals surface area (Å²) in [6, 6.07) is 15.5. The minimum atomic E-state index is -0.325. The van der Waals surface area contributed by atoms with Crippen molar-refractivity contribution in [1.29, 1.82) is 0 Å². The van der Waals surface area contributed by atoms with E-state index in [9.17, 15) is 9.59 Å². The van der Waals surface area contributed by atoms with Crippen LogP contribution >= 0.6 is 34.8 Å². The predicted octanol–water partition coefficient (Wildman–Crippen LogP) is 6.06. The van der Waals surface area contributed by atoms with Crippen molar-refractivity contribution in [1.82, 2.24) is 5.32 Å². The molecule has 0 heterocycles. The molecule has 3 rings (SSSR count). The van der Waals surface area contributed by atoms with Gasteiger partial charge in [-0.3, -0.25) is 9.59 Å². The van der Waals surface area contributed by atoms with Crippen LogP contribution in [0.4, 0.5) is 0 Å². The summed E-state index contributed by atoms with van der Waals surface area (Å²) in [5.74, 6) is 0.301. The fourth-order valence-corrected chi connectivity index (χ4v) is 3.51. The topological polar surface area (TPSA) is 55.4 Å². The van der Waals surface area contributed by atoms with Gasteiger partial charge in [-0.15, -0.1) is 0 Å². The number of hydrogen-bond acceptors (Lipinski definition) is 3. The fraction of sp³-hybridized carbons (Fsp3) is 0.0909. The molecule has 3 aromatic carbocycles. The second-order valence-electron chi connectivity index (χ2n) is 6.19. The van der Waals surface area contributed by atoms with Crippen LogP contribution in [0.1, 0.15) is 26.3 Å². The summed E-state index contributed by atoms with van der Waals surface area (Å²) in [4.78, 5) is 23.7. The normalized spacial score (nSPS) is 10.5. The summed E-state index contributed by atoms with van der Waals surface area (Å²) < 4.78 is 5.41. The van der Waals surface area contributed by atoms with Gasteiger partial charge in [-0.1, -0.05) is 46.9 Å². The highest BCUT2D eigenvalue weighted by Crippen LogP contribution is 2.29. The maximum atomic E-state index is 12.5. The molecule has 0 unspecified atom stereocenters. The number of carbonyl (C=O) groups is 2. The van der Waals surface area contributed by atoms with Gasteiger partial charge in [0, 0.05) is 22.7 Å². The Kier molecular flexibility index (Phi) is 6.80. The van der Waals surface area contributed by atoms with Crippen molar-refractivity contribution in [2.45, 2.75) is 6.54 Å². The van der Waals surface area contributed by atoms with Crippen LogP contribution < -0.4 is 10.1 Å². The number of rotatable bonds is 6. The number of halogens is 3. The van der Waals surface area contributed by atoms with Crippen LogP contribution in [0, 0.1) is 0 Å². The van der Waals surface area contributed by atoms with Crippen LogP contribution in [-0.2, 0) is 6.54 Å². The van der Waals surface area contributed by atoms with Gasteiger partial charge < -0.3 is 10.1 Å². The number of aldehydes is 1. The Labute approximate surface area is 183 Å². The third kappa shape index (κ3) is 4.91. The minimum Gasteiger partial charge on any atom is -0.496 e. The largest absolute Gasteiger partial charge is 0.496 e. The van der Waals surface area contributed by atoms with Gasteiger partial charge in [-0.05, 0) is 53.6 Å².